The molecule has 0 saturated carbocycles. The number of alkyl carbamates (subject to hydrolysis) is 1. The SMILES string of the molecule is CC(C)(C)OC(=O)NCCC(=O)Nc1cccc(CNC(=O)Cc2cccc(F)c2)c1. The van der Waals surface area contributed by atoms with Gasteiger partial charge in [-0.3, -0.25) is 9.59 Å². The maximum Gasteiger partial charge on any atom is 0.407 e. The van der Waals surface area contributed by atoms with Crippen LogP contribution in [0.2, 0.25) is 0 Å². The van der Waals surface area contributed by atoms with Crippen molar-refractivity contribution in [2.75, 3.05) is 11.9 Å². The second-order valence-electron chi connectivity index (χ2n) is 8.01. The molecular formula is C23H28FN3O4. The highest BCUT2D eigenvalue weighted by molar-refractivity contribution is 5.91. The Bertz CT molecular complexity index is 925. The molecule has 0 unspecified atom stereocenters. The van der Waals surface area contributed by atoms with Gasteiger partial charge in [0.15, 0.2) is 0 Å². The smallest absolute Gasteiger partial charge is 0.407 e. The highest BCUT2D eigenvalue weighted by Gasteiger charge is 2.16. The summed E-state index contributed by atoms with van der Waals surface area (Å²) >= 11 is 0. The summed E-state index contributed by atoms with van der Waals surface area (Å²) in [6, 6.07) is 13.0. The van der Waals surface area contributed by atoms with Crippen LogP contribution in [0.25, 0.3) is 0 Å². The summed E-state index contributed by atoms with van der Waals surface area (Å²) in [6.07, 6.45) is -0.400. The minimum absolute atomic E-state index is 0.0822. The Balaban J connectivity index is 1.76. The standard InChI is InChI=1S/C23H28FN3O4/c1-23(2,3)31-22(30)25-11-10-20(28)27-19-9-5-7-17(13-19)15-26-21(29)14-16-6-4-8-18(24)12-16/h4-9,12-13H,10-11,14-15H2,1-3H3,(H,25,30)(H,26,29)(H,27,28). The van der Waals surface area contributed by atoms with Crippen molar-refractivity contribution in [3.63, 3.8) is 0 Å². The minimum Gasteiger partial charge on any atom is -0.444 e. The van der Waals surface area contributed by atoms with E-state index in [0.717, 1.165) is 5.56 Å². The van der Waals surface area contributed by atoms with Gasteiger partial charge >= 0.3 is 6.09 Å². The molecule has 0 atom stereocenters. The Morgan fingerprint density at radius 1 is 0.935 bits per heavy atom. The number of hydrogen-bond acceptors (Lipinski definition) is 4. The Kier molecular flexibility index (Phi) is 8.54. The van der Waals surface area contributed by atoms with Crippen LogP contribution in [0, 0.1) is 5.82 Å². The molecule has 0 aliphatic carbocycles. The highest BCUT2D eigenvalue weighted by atomic mass is 19.1. The van der Waals surface area contributed by atoms with Gasteiger partial charge in [-0.1, -0.05) is 24.3 Å². The first-order valence-corrected chi connectivity index (χ1v) is 9.97. The molecule has 8 heteroatoms. The first-order valence-electron chi connectivity index (χ1n) is 9.97. The van der Waals surface area contributed by atoms with Crippen molar-refractivity contribution in [3.05, 3.63) is 65.5 Å². The molecule has 2 aromatic rings. The van der Waals surface area contributed by atoms with E-state index in [1.165, 1.54) is 12.1 Å². The minimum atomic E-state index is -0.598. The molecule has 0 radical (unpaired) electrons. The summed E-state index contributed by atoms with van der Waals surface area (Å²) in [7, 11) is 0. The van der Waals surface area contributed by atoms with Gasteiger partial charge in [-0.05, 0) is 56.2 Å². The Morgan fingerprint density at radius 3 is 2.35 bits per heavy atom. The summed E-state index contributed by atoms with van der Waals surface area (Å²) in [4.78, 5) is 35.7. The number of amides is 3. The number of hydrogen-bond donors (Lipinski definition) is 3. The maximum atomic E-state index is 13.2. The predicted octanol–water partition coefficient (Wildman–Crippen LogP) is 3.54. The second kappa shape index (κ2) is 11.1. The van der Waals surface area contributed by atoms with Crippen LogP contribution in [-0.4, -0.2) is 30.1 Å². The Morgan fingerprint density at radius 2 is 1.65 bits per heavy atom. The van der Waals surface area contributed by atoms with Crippen molar-refractivity contribution < 1.29 is 23.5 Å². The van der Waals surface area contributed by atoms with Crippen LogP contribution in [0.4, 0.5) is 14.9 Å². The normalized spacial score (nSPS) is 10.8. The molecule has 0 spiro atoms. The molecule has 31 heavy (non-hydrogen) atoms. The van der Waals surface area contributed by atoms with Crippen molar-refractivity contribution in [2.24, 2.45) is 0 Å². The van der Waals surface area contributed by atoms with Crippen LogP contribution in [0.3, 0.4) is 0 Å². The van der Waals surface area contributed by atoms with Crippen molar-refractivity contribution >= 4 is 23.6 Å². The summed E-state index contributed by atoms with van der Waals surface area (Å²) in [5, 5.41) is 8.06. The van der Waals surface area contributed by atoms with E-state index in [-0.39, 0.29) is 43.6 Å². The Labute approximate surface area is 181 Å². The third kappa shape index (κ3) is 9.75. The lowest BCUT2D eigenvalue weighted by molar-refractivity contribution is -0.120. The zero-order valence-corrected chi connectivity index (χ0v) is 18.0. The van der Waals surface area contributed by atoms with Gasteiger partial charge in [0.25, 0.3) is 0 Å². The summed E-state index contributed by atoms with van der Waals surface area (Å²) < 4.78 is 18.3. The van der Waals surface area contributed by atoms with Crippen molar-refractivity contribution in [3.8, 4) is 0 Å². The summed E-state index contributed by atoms with van der Waals surface area (Å²) in [5.41, 5.74) is 1.38. The molecule has 166 valence electrons. The van der Waals surface area contributed by atoms with Crippen LogP contribution in [0.1, 0.15) is 38.3 Å². The van der Waals surface area contributed by atoms with Crippen LogP contribution in [0.5, 0.6) is 0 Å². The van der Waals surface area contributed by atoms with Crippen molar-refractivity contribution in [2.45, 2.75) is 45.8 Å². The highest BCUT2D eigenvalue weighted by Crippen LogP contribution is 2.11. The lowest BCUT2D eigenvalue weighted by atomic mass is 10.1. The number of carbonyl (C=O) groups is 3. The Hall–Kier alpha value is -3.42. The van der Waals surface area contributed by atoms with E-state index in [0.29, 0.717) is 11.3 Å². The third-order valence-electron chi connectivity index (χ3n) is 3.97. The molecule has 0 bridgehead atoms. The van der Waals surface area contributed by atoms with E-state index >= 15 is 0 Å². The lowest BCUT2D eigenvalue weighted by Crippen LogP contribution is -2.34. The molecule has 7 nitrogen and oxygen atoms in total. The predicted molar refractivity (Wildman–Crippen MR) is 116 cm³/mol. The monoisotopic (exact) mass is 429 g/mol. The fourth-order valence-electron chi connectivity index (χ4n) is 2.67. The maximum absolute atomic E-state index is 13.2. The van der Waals surface area contributed by atoms with Gasteiger partial charge < -0.3 is 20.7 Å². The van der Waals surface area contributed by atoms with Gasteiger partial charge in [-0.15, -0.1) is 0 Å². The summed E-state index contributed by atoms with van der Waals surface area (Å²) in [6.45, 7) is 5.71. The van der Waals surface area contributed by atoms with Gasteiger partial charge in [0.1, 0.15) is 11.4 Å². The number of rotatable bonds is 8. The molecule has 0 aromatic heterocycles. The number of ether oxygens (including phenoxy) is 1. The molecule has 2 aromatic carbocycles. The van der Waals surface area contributed by atoms with Crippen LogP contribution in [-0.2, 0) is 27.3 Å². The van der Waals surface area contributed by atoms with E-state index in [1.807, 2.05) is 6.07 Å². The first kappa shape index (κ1) is 23.9. The number of anilines is 1. The third-order valence-corrected chi connectivity index (χ3v) is 3.97. The van der Waals surface area contributed by atoms with Gasteiger partial charge in [0.05, 0.1) is 6.42 Å². The molecule has 2 rings (SSSR count). The molecule has 3 amide bonds. The average Bonchev–Trinajstić information content (AvgIpc) is 2.65. The van der Waals surface area contributed by atoms with E-state index in [2.05, 4.69) is 16.0 Å². The molecule has 3 N–H and O–H groups in total. The zero-order valence-electron chi connectivity index (χ0n) is 18.0. The number of benzene rings is 2. The quantitative estimate of drug-likeness (QED) is 0.598. The molecule has 0 aliphatic heterocycles. The largest absolute Gasteiger partial charge is 0.444 e. The molecular weight excluding hydrogens is 401 g/mol. The topological polar surface area (TPSA) is 96.5 Å². The molecule has 0 saturated heterocycles. The van der Waals surface area contributed by atoms with E-state index in [9.17, 15) is 18.8 Å². The van der Waals surface area contributed by atoms with E-state index < -0.39 is 11.7 Å². The fraction of sp³-hybridized carbons (Fsp3) is 0.348. The number of nitrogens with one attached hydrogen (secondary N) is 3. The fourth-order valence-corrected chi connectivity index (χ4v) is 2.67. The molecule has 0 fully saturated rings. The lowest BCUT2D eigenvalue weighted by Gasteiger charge is -2.19. The number of halogens is 1. The molecule has 0 heterocycles. The molecule has 0 aliphatic rings. The van der Waals surface area contributed by atoms with Gasteiger partial charge in [-0.25, -0.2) is 9.18 Å². The van der Waals surface area contributed by atoms with Crippen LogP contribution < -0.4 is 16.0 Å². The first-order chi connectivity index (χ1) is 14.6. The average molecular weight is 429 g/mol. The van der Waals surface area contributed by atoms with Gasteiger partial charge in [-0.2, -0.15) is 0 Å². The van der Waals surface area contributed by atoms with Crippen molar-refractivity contribution in [1.82, 2.24) is 10.6 Å². The summed E-state index contributed by atoms with van der Waals surface area (Å²) in [5.74, 6) is -0.869. The van der Waals surface area contributed by atoms with Crippen molar-refractivity contribution in [1.29, 1.82) is 0 Å². The van der Waals surface area contributed by atoms with E-state index in [1.54, 1.807) is 51.1 Å². The second-order valence-corrected chi connectivity index (χ2v) is 8.01. The van der Waals surface area contributed by atoms with Gasteiger partial charge in [0, 0.05) is 25.2 Å². The van der Waals surface area contributed by atoms with Crippen LogP contribution in [0.15, 0.2) is 48.5 Å². The van der Waals surface area contributed by atoms with Crippen LogP contribution >= 0.6 is 0 Å². The van der Waals surface area contributed by atoms with E-state index in [4.69, 9.17) is 4.74 Å². The zero-order chi connectivity index (χ0) is 22.9. The van der Waals surface area contributed by atoms with Gasteiger partial charge in [0.2, 0.25) is 11.8 Å². The number of carbonyl (C=O) groups excluding carboxylic acids is 3.